The molecule has 3 rings (SSSR count). The lowest BCUT2D eigenvalue weighted by molar-refractivity contribution is 0.102. The summed E-state index contributed by atoms with van der Waals surface area (Å²) in [5.74, 6) is -0.740. The van der Waals surface area contributed by atoms with E-state index < -0.39 is 12.0 Å². The molecule has 0 aliphatic carbocycles. The van der Waals surface area contributed by atoms with Crippen molar-refractivity contribution in [1.82, 2.24) is 15.0 Å². The van der Waals surface area contributed by atoms with Crippen molar-refractivity contribution in [2.24, 2.45) is 0 Å². The molecule has 0 bridgehead atoms. The number of hydrogen-bond donors (Lipinski definition) is 2. The van der Waals surface area contributed by atoms with Crippen molar-refractivity contribution < 1.29 is 14.3 Å². The fourth-order valence-electron chi connectivity index (χ4n) is 2.40. The van der Waals surface area contributed by atoms with E-state index in [0.717, 1.165) is 5.56 Å². The summed E-state index contributed by atoms with van der Waals surface area (Å²) in [6.45, 7) is 3.39. The first-order chi connectivity index (χ1) is 12.0. The maximum Gasteiger partial charge on any atom is 0.278 e. The molecule has 1 atom stereocenters. The quantitative estimate of drug-likeness (QED) is 0.765. The van der Waals surface area contributed by atoms with Gasteiger partial charge in [0.15, 0.2) is 5.69 Å². The SMILES string of the molecule is Cc1c(C(=O)Nc2ccc(C(C)O)cc2)nnn1-c1ccc(F)cc1. The Balaban J connectivity index is 1.80. The zero-order valence-corrected chi connectivity index (χ0v) is 13.8. The second-order valence-electron chi connectivity index (χ2n) is 5.66. The van der Waals surface area contributed by atoms with Gasteiger partial charge in [-0.3, -0.25) is 4.79 Å². The molecule has 0 fully saturated rings. The lowest BCUT2D eigenvalue weighted by atomic mass is 10.1. The molecular weight excluding hydrogens is 323 g/mol. The molecule has 0 saturated carbocycles. The van der Waals surface area contributed by atoms with Crippen LogP contribution in [0.5, 0.6) is 0 Å². The van der Waals surface area contributed by atoms with E-state index >= 15 is 0 Å². The molecule has 1 amide bonds. The second kappa shape index (κ2) is 6.82. The lowest BCUT2D eigenvalue weighted by Crippen LogP contribution is -2.14. The first-order valence-corrected chi connectivity index (χ1v) is 7.73. The highest BCUT2D eigenvalue weighted by atomic mass is 19.1. The van der Waals surface area contributed by atoms with Crippen LogP contribution in [0.4, 0.5) is 10.1 Å². The fourth-order valence-corrected chi connectivity index (χ4v) is 2.40. The van der Waals surface area contributed by atoms with Crippen LogP contribution in [0, 0.1) is 12.7 Å². The summed E-state index contributed by atoms with van der Waals surface area (Å²) in [5, 5.41) is 20.1. The molecule has 0 saturated heterocycles. The maximum absolute atomic E-state index is 13.0. The first-order valence-electron chi connectivity index (χ1n) is 7.73. The molecule has 7 heteroatoms. The van der Waals surface area contributed by atoms with E-state index in [0.29, 0.717) is 17.1 Å². The third-order valence-corrected chi connectivity index (χ3v) is 3.83. The third kappa shape index (κ3) is 3.56. The summed E-state index contributed by atoms with van der Waals surface area (Å²) < 4.78 is 14.5. The second-order valence-corrected chi connectivity index (χ2v) is 5.66. The van der Waals surface area contributed by atoms with Crippen LogP contribution < -0.4 is 5.32 Å². The molecule has 2 N–H and O–H groups in total. The molecule has 3 aromatic rings. The number of aliphatic hydroxyl groups is 1. The molecule has 0 aliphatic rings. The molecule has 0 radical (unpaired) electrons. The van der Waals surface area contributed by atoms with Gasteiger partial charge >= 0.3 is 0 Å². The van der Waals surface area contributed by atoms with Gasteiger partial charge < -0.3 is 10.4 Å². The Hall–Kier alpha value is -3.06. The minimum absolute atomic E-state index is 0.184. The van der Waals surface area contributed by atoms with Gasteiger partial charge in [0.25, 0.3) is 5.91 Å². The zero-order chi connectivity index (χ0) is 18.0. The van der Waals surface area contributed by atoms with Crippen LogP contribution in [0.15, 0.2) is 48.5 Å². The van der Waals surface area contributed by atoms with Crippen LogP contribution in [0.1, 0.15) is 34.8 Å². The Morgan fingerprint density at radius 3 is 2.40 bits per heavy atom. The van der Waals surface area contributed by atoms with Crippen molar-refractivity contribution in [3.8, 4) is 5.69 Å². The standard InChI is InChI=1S/C18H17FN4O2/c1-11-17(21-22-23(11)16-9-5-14(19)6-10-16)18(25)20-15-7-3-13(4-8-15)12(2)24/h3-10,12,24H,1-2H3,(H,20,25). The molecule has 6 nitrogen and oxygen atoms in total. The number of aromatic nitrogens is 3. The Morgan fingerprint density at radius 2 is 1.80 bits per heavy atom. The van der Waals surface area contributed by atoms with E-state index in [2.05, 4.69) is 15.6 Å². The average molecular weight is 340 g/mol. The minimum atomic E-state index is -0.567. The van der Waals surface area contributed by atoms with Gasteiger partial charge in [-0.25, -0.2) is 9.07 Å². The maximum atomic E-state index is 13.0. The first kappa shape index (κ1) is 16.8. The predicted molar refractivity (Wildman–Crippen MR) is 91.1 cm³/mol. The molecule has 2 aromatic carbocycles. The normalized spacial score (nSPS) is 12.0. The largest absolute Gasteiger partial charge is 0.389 e. The van der Waals surface area contributed by atoms with Crippen LogP contribution in [0.2, 0.25) is 0 Å². The van der Waals surface area contributed by atoms with Crippen LogP contribution in [-0.4, -0.2) is 26.0 Å². The van der Waals surface area contributed by atoms with Crippen molar-refractivity contribution >= 4 is 11.6 Å². The van der Waals surface area contributed by atoms with Gasteiger partial charge in [-0.2, -0.15) is 0 Å². The number of carbonyl (C=O) groups is 1. The monoisotopic (exact) mass is 340 g/mol. The summed E-state index contributed by atoms with van der Waals surface area (Å²) in [7, 11) is 0. The summed E-state index contributed by atoms with van der Waals surface area (Å²) in [6, 6.07) is 12.7. The zero-order valence-electron chi connectivity index (χ0n) is 13.8. The number of anilines is 1. The van der Waals surface area contributed by atoms with E-state index in [9.17, 15) is 14.3 Å². The van der Waals surface area contributed by atoms with E-state index in [1.165, 1.54) is 16.8 Å². The highest BCUT2D eigenvalue weighted by molar-refractivity contribution is 6.03. The summed E-state index contributed by atoms with van der Waals surface area (Å²) >= 11 is 0. The number of aliphatic hydroxyl groups excluding tert-OH is 1. The van der Waals surface area contributed by atoms with Gasteiger partial charge in [-0.05, 0) is 55.8 Å². The Morgan fingerprint density at radius 1 is 1.16 bits per heavy atom. The van der Waals surface area contributed by atoms with Crippen molar-refractivity contribution in [3.63, 3.8) is 0 Å². The highest BCUT2D eigenvalue weighted by Crippen LogP contribution is 2.17. The Labute approximate surface area is 143 Å². The molecule has 1 aromatic heterocycles. The molecule has 25 heavy (non-hydrogen) atoms. The summed E-state index contributed by atoms with van der Waals surface area (Å²) in [5.41, 5.74) is 2.70. The van der Waals surface area contributed by atoms with Gasteiger partial charge in [0.2, 0.25) is 0 Å². The number of nitrogens with zero attached hydrogens (tertiary/aromatic N) is 3. The average Bonchev–Trinajstić information content (AvgIpc) is 2.98. The van der Waals surface area contributed by atoms with Gasteiger partial charge in [-0.15, -0.1) is 5.10 Å². The van der Waals surface area contributed by atoms with E-state index in [1.807, 2.05) is 0 Å². The summed E-state index contributed by atoms with van der Waals surface area (Å²) in [4.78, 5) is 12.4. The highest BCUT2D eigenvalue weighted by Gasteiger charge is 2.17. The molecular formula is C18H17FN4O2. The van der Waals surface area contributed by atoms with Crippen molar-refractivity contribution in [2.45, 2.75) is 20.0 Å². The third-order valence-electron chi connectivity index (χ3n) is 3.83. The number of nitrogens with one attached hydrogen (secondary N) is 1. The van der Waals surface area contributed by atoms with E-state index in [-0.39, 0.29) is 11.5 Å². The van der Waals surface area contributed by atoms with Gasteiger partial charge in [0.1, 0.15) is 5.82 Å². The van der Waals surface area contributed by atoms with E-state index in [1.54, 1.807) is 50.2 Å². The number of amides is 1. The minimum Gasteiger partial charge on any atom is -0.389 e. The van der Waals surface area contributed by atoms with Gasteiger partial charge in [0.05, 0.1) is 17.5 Å². The van der Waals surface area contributed by atoms with Crippen LogP contribution in [-0.2, 0) is 0 Å². The fraction of sp³-hybridized carbons (Fsp3) is 0.167. The predicted octanol–water partition coefficient (Wildman–Crippen LogP) is 3.02. The van der Waals surface area contributed by atoms with Crippen molar-refractivity contribution in [2.75, 3.05) is 5.32 Å². The molecule has 1 heterocycles. The smallest absolute Gasteiger partial charge is 0.278 e. The number of halogens is 1. The topological polar surface area (TPSA) is 80.0 Å². The van der Waals surface area contributed by atoms with Gasteiger partial charge in [0, 0.05) is 5.69 Å². The number of benzene rings is 2. The summed E-state index contributed by atoms with van der Waals surface area (Å²) in [6.07, 6.45) is -0.567. The van der Waals surface area contributed by atoms with Crippen LogP contribution in [0.25, 0.3) is 5.69 Å². The van der Waals surface area contributed by atoms with E-state index in [4.69, 9.17) is 0 Å². The number of rotatable bonds is 4. The molecule has 0 aliphatic heterocycles. The van der Waals surface area contributed by atoms with Gasteiger partial charge in [-0.1, -0.05) is 17.3 Å². The molecule has 1 unspecified atom stereocenters. The van der Waals surface area contributed by atoms with Crippen LogP contribution in [0.3, 0.4) is 0 Å². The number of hydrogen-bond acceptors (Lipinski definition) is 4. The Kier molecular flexibility index (Phi) is 4.58. The van der Waals surface area contributed by atoms with Crippen molar-refractivity contribution in [3.05, 3.63) is 71.3 Å². The van der Waals surface area contributed by atoms with Crippen LogP contribution >= 0.6 is 0 Å². The van der Waals surface area contributed by atoms with Crippen molar-refractivity contribution in [1.29, 1.82) is 0 Å². The molecule has 128 valence electrons. The lowest BCUT2D eigenvalue weighted by Gasteiger charge is -2.07. The Bertz CT molecular complexity index is 886. The number of carbonyl (C=O) groups excluding carboxylic acids is 1. The molecule has 0 spiro atoms.